The lowest BCUT2D eigenvalue weighted by Gasteiger charge is -2.33. The summed E-state index contributed by atoms with van der Waals surface area (Å²) in [5.41, 5.74) is 0.930. The Morgan fingerprint density at radius 3 is 3.19 bits per heavy atom. The Morgan fingerprint density at radius 2 is 2.24 bits per heavy atom. The van der Waals surface area contributed by atoms with Crippen molar-refractivity contribution < 1.29 is 9.53 Å². The van der Waals surface area contributed by atoms with Gasteiger partial charge in [-0.2, -0.15) is 0 Å². The number of benzene rings is 1. The molecule has 7 nitrogen and oxygen atoms in total. The number of para-hydroxylation sites is 2. The van der Waals surface area contributed by atoms with E-state index in [1.54, 1.807) is 11.2 Å². The van der Waals surface area contributed by atoms with E-state index in [-0.39, 0.29) is 5.91 Å². The zero-order valence-corrected chi connectivity index (χ0v) is 11.4. The molecule has 1 N–H and O–H groups in total. The molecule has 0 bridgehead atoms. The molecule has 2 aliphatic rings. The van der Waals surface area contributed by atoms with E-state index in [9.17, 15) is 4.79 Å². The van der Waals surface area contributed by atoms with E-state index >= 15 is 0 Å². The molecular formula is C14H15N5O2. The minimum absolute atomic E-state index is 0.00810. The highest BCUT2D eigenvalue weighted by Gasteiger charge is 2.31. The zero-order valence-electron chi connectivity index (χ0n) is 11.4. The maximum Gasteiger partial charge on any atom is 0.265 e. The molecule has 2 aliphatic heterocycles. The van der Waals surface area contributed by atoms with Gasteiger partial charge in [0.1, 0.15) is 12.1 Å². The van der Waals surface area contributed by atoms with E-state index in [0.717, 1.165) is 23.8 Å². The standard InChI is InChI=1S/C14H15N5O2/c20-14(18-5-6-19-9-16-17-13(19)8-18)12-7-15-10-3-1-2-4-11(10)21-12/h1-4,9,12,15H,5-8H2. The summed E-state index contributed by atoms with van der Waals surface area (Å²) in [7, 11) is 0. The third-order valence-electron chi connectivity index (χ3n) is 3.86. The highest BCUT2D eigenvalue weighted by atomic mass is 16.5. The summed E-state index contributed by atoms with van der Waals surface area (Å²) in [5.74, 6) is 1.53. The first-order valence-electron chi connectivity index (χ1n) is 6.96. The second-order valence-electron chi connectivity index (χ2n) is 5.18. The quantitative estimate of drug-likeness (QED) is 0.825. The van der Waals surface area contributed by atoms with Gasteiger partial charge in [0.2, 0.25) is 0 Å². The van der Waals surface area contributed by atoms with E-state index < -0.39 is 6.10 Å². The fraction of sp³-hybridized carbons (Fsp3) is 0.357. The minimum atomic E-state index is -0.491. The number of amides is 1. The van der Waals surface area contributed by atoms with Gasteiger partial charge in [0.25, 0.3) is 5.91 Å². The smallest absolute Gasteiger partial charge is 0.265 e. The monoisotopic (exact) mass is 285 g/mol. The van der Waals surface area contributed by atoms with Crippen LogP contribution in [0.5, 0.6) is 5.75 Å². The number of carbonyl (C=O) groups excluding carboxylic acids is 1. The van der Waals surface area contributed by atoms with Crippen LogP contribution in [0, 0.1) is 0 Å². The lowest BCUT2D eigenvalue weighted by molar-refractivity contribution is -0.139. The van der Waals surface area contributed by atoms with Crippen LogP contribution in [-0.4, -0.2) is 44.8 Å². The summed E-state index contributed by atoms with van der Waals surface area (Å²) in [4.78, 5) is 14.4. The maximum absolute atomic E-state index is 12.6. The third kappa shape index (κ3) is 2.10. The minimum Gasteiger partial charge on any atom is -0.477 e. The van der Waals surface area contributed by atoms with Gasteiger partial charge >= 0.3 is 0 Å². The molecule has 21 heavy (non-hydrogen) atoms. The van der Waals surface area contributed by atoms with E-state index in [1.165, 1.54) is 0 Å². The lowest BCUT2D eigenvalue weighted by atomic mass is 10.2. The van der Waals surface area contributed by atoms with Crippen molar-refractivity contribution in [2.24, 2.45) is 0 Å². The molecule has 0 radical (unpaired) electrons. The first kappa shape index (κ1) is 12.2. The van der Waals surface area contributed by atoms with Gasteiger partial charge in [-0.25, -0.2) is 0 Å². The molecule has 0 fully saturated rings. The largest absolute Gasteiger partial charge is 0.477 e. The molecule has 0 saturated heterocycles. The number of hydrogen-bond donors (Lipinski definition) is 1. The average molecular weight is 285 g/mol. The fourth-order valence-corrected chi connectivity index (χ4v) is 2.71. The number of carbonyl (C=O) groups is 1. The van der Waals surface area contributed by atoms with Crippen molar-refractivity contribution in [2.75, 3.05) is 18.4 Å². The van der Waals surface area contributed by atoms with Crippen molar-refractivity contribution in [3.05, 3.63) is 36.4 Å². The summed E-state index contributed by atoms with van der Waals surface area (Å²) < 4.78 is 7.79. The van der Waals surface area contributed by atoms with Crippen LogP contribution in [0.3, 0.4) is 0 Å². The molecule has 1 unspecified atom stereocenters. The molecular weight excluding hydrogens is 270 g/mol. The summed E-state index contributed by atoms with van der Waals surface area (Å²) >= 11 is 0. The number of anilines is 1. The van der Waals surface area contributed by atoms with E-state index in [1.807, 2.05) is 28.8 Å². The van der Waals surface area contributed by atoms with Crippen molar-refractivity contribution in [1.29, 1.82) is 0 Å². The van der Waals surface area contributed by atoms with Crippen molar-refractivity contribution in [3.63, 3.8) is 0 Å². The van der Waals surface area contributed by atoms with Crippen LogP contribution in [0.2, 0.25) is 0 Å². The van der Waals surface area contributed by atoms with Gasteiger partial charge in [-0.1, -0.05) is 12.1 Å². The highest BCUT2D eigenvalue weighted by Crippen LogP contribution is 2.28. The normalized spacial score (nSPS) is 20.0. The Hall–Kier alpha value is -2.57. The number of nitrogens with one attached hydrogen (secondary N) is 1. The van der Waals surface area contributed by atoms with Crippen LogP contribution >= 0.6 is 0 Å². The predicted molar refractivity (Wildman–Crippen MR) is 74.8 cm³/mol. The molecule has 3 heterocycles. The van der Waals surface area contributed by atoms with Gasteiger partial charge in [-0.15, -0.1) is 10.2 Å². The van der Waals surface area contributed by atoms with Gasteiger partial charge < -0.3 is 19.5 Å². The van der Waals surface area contributed by atoms with Crippen LogP contribution in [0.25, 0.3) is 0 Å². The van der Waals surface area contributed by atoms with Crippen LogP contribution < -0.4 is 10.1 Å². The van der Waals surface area contributed by atoms with E-state index in [4.69, 9.17) is 4.74 Å². The number of hydrogen-bond acceptors (Lipinski definition) is 5. The fourth-order valence-electron chi connectivity index (χ4n) is 2.71. The van der Waals surface area contributed by atoms with Crippen LogP contribution in [0.15, 0.2) is 30.6 Å². The van der Waals surface area contributed by atoms with E-state index in [0.29, 0.717) is 19.6 Å². The molecule has 1 aromatic carbocycles. The molecule has 4 rings (SSSR count). The van der Waals surface area contributed by atoms with Crippen LogP contribution in [-0.2, 0) is 17.9 Å². The zero-order chi connectivity index (χ0) is 14.2. The summed E-state index contributed by atoms with van der Waals surface area (Å²) in [6, 6.07) is 7.65. The van der Waals surface area contributed by atoms with Gasteiger partial charge in [0.05, 0.1) is 18.8 Å². The second kappa shape index (κ2) is 4.76. The molecule has 108 valence electrons. The van der Waals surface area contributed by atoms with Crippen LogP contribution in [0.1, 0.15) is 5.82 Å². The Kier molecular flexibility index (Phi) is 2.77. The van der Waals surface area contributed by atoms with Gasteiger partial charge in [0.15, 0.2) is 11.9 Å². The molecule has 0 saturated carbocycles. The van der Waals surface area contributed by atoms with E-state index in [2.05, 4.69) is 15.5 Å². The second-order valence-corrected chi connectivity index (χ2v) is 5.18. The lowest BCUT2D eigenvalue weighted by Crippen LogP contribution is -2.49. The highest BCUT2D eigenvalue weighted by molar-refractivity contribution is 5.83. The number of ether oxygens (including phenoxy) is 1. The van der Waals surface area contributed by atoms with Crippen molar-refractivity contribution in [1.82, 2.24) is 19.7 Å². The number of nitrogens with zero attached hydrogens (tertiary/aromatic N) is 4. The van der Waals surface area contributed by atoms with Crippen molar-refractivity contribution in [2.45, 2.75) is 19.2 Å². The SMILES string of the molecule is O=C(C1CNc2ccccc2O1)N1CCn2cnnc2C1. The Bertz CT molecular complexity index is 684. The summed E-state index contributed by atoms with van der Waals surface area (Å²) in [5, 5.41) is 11.1. The van der Waals surface area contributed by atoms with Gasteiger partial charge in [0, 0.05) is 13.1 Å². The maximum atomic E-state index is 12.6. The van der Waals surface area contributed by atoms with Gasteiger partial charge in [-0.05, 0) is 12.1 Å². The molecule has 2 aromatic rings. The first-order chi connectivity index (χ1) is 10.3. The Labute approximate surface area is 121 Å². The van der Waals surface area contributed by atoms with Crippen molar-refractivity contribution >= 4 is 11.6 Å². The number of rotatable bonds is 1. The molecule has 0 spiro atoms. The average Bonchev–Trinajstić information content (AvgIpc) is 3.01. The summed E-state index contributed by atoms with van der Waals surface area (Å²) in [6.45, 7) is 2.36. The first-order valence-corrected chi connectivity index (χ1v) is 6.96. The molecule has 1 aromatic heterocycles. The Morgan fingerprint density at radius 1 is 1.33 bits per heavy atom. The molecule has 0 aliphatic carbocycles. The molecule has 1 atom stereocenters. The van der Waals surface area contributed by atoms with Crippen molar-refractivity contribution in [3.8, 4) is 5.75 Å². The molecule has 7 heteroatoms. The summed E-state index contributed by atoms with van der Waals surface area (Å²) in [6.07, 6.45) is 1.21. The number of aromatic nitrogens is 3. The van der Waals surface area contributed by atoms with Crippen LogP contribution in [0.4, 0.5) is 5.69 Å². The van der Waals surface area contributed by atoms with Gasteiger partial charge in [-0.3, -0.25) is 4.79 Å². The number of fused-ring (bicyclic) bond motifs is 2. The Balaban J connectivity index is 1.49. The molecule has 1 amide bonds. The topological polar surface area (TPSA) is 72.3 Å². The third-order valence-corrected chi connectivity index (χ3v) is 3.86. The predicted octanol–water partition coefficient (Wildman–Crippen LogP) is 0.493.